The van der Waals surface area contributed by atoms with Gasteiger partial charge in [0.05, 0.1) is 6.61 Å². The van der Waals surface area contributed by atoms with Crippen molar-refractivity contribution in [1.82, 2.24) is 5.32 Å². The molecule has 0 saturated carbocycles. The Labute approximate surface area is 110 Å². The SMILES string of the molecule is CCCC(NCc1ccc(C)cc1)C(=O)OCC. The molecule has 1 unspecified atom stereocenters. The summed E-state index contributed by atoms with van der Waals surface area (Å²) in [4.78, 5) is 11.7. The second-order valence-corrected chi connectivity index (χ2v) is 4.46. The molecule has 0 aliphatic carbocycles. The summed E-state index contributed by atoms with van der Waals surface area (Å²) < 4.78 is 5.06. The maximum atomic E-state index is 11.7. The Hall–Kier alpha value is -1.35. The van der Waals surface area contributed by atoms with Gasteiger partial charge in [-0.1, -0.05) is 43.2 Å². The molecule has 0 amide bonds. The van der Waals surface area contributed by atoms with Gasteiger partial charge in [-0.15, -0.1) is 0 Å². The van der Waals surface area contributed by atoms with Gasteiger partial charge < -0.3 is 10.1 Å². The van der Waals surface area contributed by atoms with Crippen molar-refractivity contribution in [2.75, 3.05) is 6.61 Å². The van der Waals surface area contributed by atoms with Gasteiger partial charge >= 0.3 is 5.97 Å². The van der Waals surface area contributed by atoms with Crippen LogP contribution in [0.2, 0.25) is 0 Å². The van der Waals surface area contributed by atoms with Gasteiger partial charge in [0.1, 0.15) is 6.04 Å². The number of hydrogen-bond donors (Lipinski definition) is 1. The molecule has 1 atom stereocenters. The summed E-state index contributed by atoms with van der Waals surface area (Å²) in [6.07, 6.45) is 1.77. The number of hydrogen-bond acceptors (Lipinski definition) is 3. The van der Waals surface area contributed by atoms with Crippen LogP contribution in [0.4, 0.5) is 0 Å². The van der Waals surface area contributed by atoms with Crippen LogP contribution >= 0.6 is 0 Å². The summed E-state index contributed by atoms with van der Waals surface area (Å²) in [5, 5.41) is 3.27. The monoisotopic (exact) mass is 249 g/mol. The number of nitrogens with one attached hydrogen (secondary N) is 1. The lowest BCUT2D eigenvalue weighted by Crippen LogP contribution is -2.37. The lowest BCUT2D eigenvalue weighted by molar-refractivity contribution is -0.145. The zero-order valence-corrected chi connectivity index (χ0v) is 11.5. The van der Waals surface area contributed by atoms with Gasteiger partial charge in [0, 0.05) is 6.54 Å². The molecule has 3 nitrogen and oxygen atoms in total. The zero-order chi connectivity index (χ0) is 13.4. The van der Waals surface area contributed by atoms with E-state index in [-0.39, 0.29) is 12.0 Å². The number of carbonyl (C=O) groups is 1. The maximum Gasteiger partial charge on any atom is 0.323 e. The van der Waals surface area contributed by atoms with Gasteiger partial charge in [0.25, 0.3) is 0 Å². The van der Waals surface area contributed by atoms with Gasteiger partial charge in [-0.2, -0.15) is 0 Å². The van der Waals surface area contributed by atoms with E-state index in [2.05, 4.69) is 43.4 Å². The molecular weight excluding hydrogens is 226 g/mol. The normalized spacial score (nSPS) is 12.2. The standard InChI is InChI=1S/C15H23NO2/c1-4-6-14(15(17)18-5-2)16-11-13-9-7-12(3)8-10-13/h7-10,14,16H,4-6,11H2,1-3H3. The minimum atomic E-state index is -0.198. The maximum absolute atomic E-state index is 11.7. The molecule has 3 heteroatoms. The van der Waals surface area contributed by atoms with E-state index in [1.54, 1.807) is 0 Å². The molecule has 1 aromatic rings. The molecule has 0 fully saturated rings. The first-order valence-electron chi connectivity index (χ1n) is 6.63. The molecule has 0 aromatic heterocycles. The van der Waals surface area contributed by atoms with Crippen LogP contribution in [0.1, 0.15) is 37.8 Å². The number of esters is 1. The van der Waals surface area contributed by atoms with Crippen LogP contribution in [-0.2, 0) is 16.1 Å². The molecule has 0 spiro atoms. The fourth-order valence-corrected chi connectivity index (χ4v) is 1.78. The Morgan fingerprint density at radius 2 is 1.94 bits per heavy atom. The lowest BCUT2D eigenvalue weighted by Gasteiger charge is -2.16. The molecule has 0 aliphatic heterocycles. The number of aryl methyl sites for hydroxylation is 1. The third kappa shape index (κ3) is 4.88. The molecule has 0 radical (unpaired) electrons. The van der Waals surface area contributed by atoms with Crippen molar-refractivity contribution < 1.29 is 9.53 Å². The van der Waals surface area contributed by atoms with Crippen molar-refractivity contribution in [1.29, 1.82) is 0 Å². The molecule has 0 heterocycles. The molecule has 100 valence electrons. The summed E-state index contributed by atoms with van der Waals surface area (Å²) in [5.41, 5.74) is 2.43. The Kier molecular flexibility index (Phi) is 6.44. The fraction of sp³-hybridized carbons (Fsp3) is 0.533. The molecule has 1 rings (SSSR count). The third-order valence-electron chi connectivity index (χ3n) is 2.82. The highest BCUT2D eigenvalue weighted by molar-refractivity contribution is 5.75. The predicted octanol–water partition coefficient (Wildman–Crippen LogP) is 2.82. The summed E-state index contributed by atoms with van der Waals surface area (Å²) in [7, 11) is 0. The minimum absolute atomic E-state index is 0.147. The van der Waals surface area contributed by atoms with E-state index < -0.39 is 0 Å². The van der Waals surface area contributed by atoms with Crippen LogP contribution in [0.3, 0.4) is 0 Å². The van der Waals surface area contributed by atoms with Crippen molar-refractivity contribution >= 4 is 5.97 Å². The van der Waals surface area contributed by atoms with E-state index in [4.69, 9.17) is 4.74 Å². The van der Waals surface area contributed by atoms with Gasteiger partial charge in [-0.3, -0.25) is 4.79 Å². The van der Waals surface area contributed by atoms with E-state index in [1.165, 1.54) is 11.1 Å². The Balaban J connectivity index is 2.51. The van der Waals surface area contributed by atoms with Gasteiger partial charge in [0.2, 0.25) is 0 Å². The van der Waals surface area contributed by atoms with Crippen LogP contribution in [0, 0.1) is 6.92 Å². The van der Waals surface area contributed by atoms with Crippen LogP contribution in [0.25, 0.3) is 0 Å². The van der Waals surface area contributed by atoms with Gasteiger partial charge in [-0.25, -0.2) is 0 Å². The minimum Gasteiger partial charge on any atom is -0.465 e. The largest absolute Gasteiger partial charge is 0.465 e. The predicted molar refractivity (Wildman–Crippen MR) is 73.3 cm³/mol. The second kappa shape index (κ2) is 7.88. The van der Waals surface area contributed by atoms with Crippen LogP contribution in [0.15, 0.2) is 24.3 Å². The summed E-state index contributed by atoms with van der Waals surface area (Å²) in [6.45, 7) is 7.10. The summed E-state index contributed by atoms with van der Waals surface area (Å²) >= 11 is 0. The molecule has 0 bridgehead atoms. The van der Waals surface area contributed by atoms with E-state index in [1.807, 2.05) is 6.92 Å². The molecule has 0 aliphatic rings. The summed E-state index contributed by atoms with van der Waals surface area (Å²) in [6, 6.07) is 8.12. The second-order valence-electron chi connectivity index (χ2n) is 4.46. The first-order valence-corrected chi connectivity index (χ1v) is 6.63. The highest BCUT2D eigenvalue weighted by Crippen LogP contribution is 2.05. The topological polar surface area (TPSA) is 38.3 Å². The fourth-order valence-electron chi connectivity index (χ4n) is 1.78. The third-order valence-corrected chi connectivity index (χ3v) is 2.82. The Morgan fingerprint density at radius 1 is 1.28 bits per heavy atom. The van der Waals surface area contributed by atoms with Crippen molar-refractivity contribution in [2.24, 2.45) is 0 Å². The Morgan fingerprint density at radius 3 is 2.50 bits per heavy atom. The molecule has 0 saturated heterocycles. The number of ether oxygens (including phenoxy) is 1. The average Bonchev–Trinajstić information content (AvgIpc) is 2.36. The highest BCUT2D eigenvalue weighted by Gasteiger charge is 2.17. The van der Waals surface area contributed by atoms with Crippen molar-refractivity contribution in [3.05, 3.63) is 35.4 Å². The van der Waals surface area contributed by atoms with E-state index >= 15 is 0 Å². The van der Waals surface area contributed by atoms with Gasteiger partial charge in [-0.05, 0) is 25.8 Å². The van der Waals surface area contributed by atoms with E-state index in [0.29, 0.717) is 13.2 Å². The number of rotatable bonds is 7. The lowest BCUT2D eigenvalue weighted by atomic mass is 10.1. The molecule has 1 N–H and O–H groups in total. The number of benzene rings is 1. The Bertz CT molecular complexity index is 359. The molecular formula is C15H23NO2. The van der Waals surface area contributed by atoms with Crippen molar-refractivity contribution in [2.45, 2.75) is 46.2 Å². The van der Waals surface area contributed by atoms with Crippen LogP contribution < -0.4 is 5.32 Å². The van der Waals surface area contributed by atoms with Crippen molar-refractivity contribution in [3.8, 4) is 0 Å². The first kappa shape index (κ1) is 14.7. The van der Waals surface area contributed by atoms with Crippen molar-refractivity contribution in [3.63, 3.8) is 0 Å². The summed E-state index contributed by atoms with van der Waals surface area (Å²) in [5.74, 6) is -0.147. The quantitative estimate of drug-likeness (QED) is 0.755. The van der Waals surface area contributed by atoms with Crippen LogP contribution in [-0.4, -0.2) is 18.6 Å². The van der Waals surface area contributed by atoms with Gasteiger partial charge in [0.15, 0.2) is 0 Å². The smallest absolute Gasteiger partial charge is 0.323 e. The first-order chi connectivity index (χ1) is 8.67. The average molecular weight is 249 g/mol. The van der Waals surface area contributed by atoms with E-state index in [0.717, 1.165) is 12.8 Å². The highest BCUT2D eigenvalue weighted by atomic mass is 16.5. The van der Waals surface area contributed by atoms with E-state index in [9.17, 15) is 4.79 Å². The van der Waals surface area contributed by atoms with Crippen LogP contribution in [0.5, 0.6) is 0 Å². The zero-order valence-electron chi connectivity index (χ0n) is 11.5. The number of carbonyl (C=O) groups excluding carboxylic acids is 1. The molecule has 1 aromatic carbocycles. The molecule has 18 heavy (non-hydrogen) atoms.